The maximum Gasteiger partial charge on any atom is 0.331 e. The maximum absolute atomic E-state index is 15.0. The minimum absolute atomic E-state index is 0.110. The van der Waals surface area contributed by atoms with Gasteiger partial charge in [0.25, 0.3) is 0 Å². The summed E-state index contributed by atoms with van der Waals surface area (Å²) in [5, 5.41) is 18.6. The SMILES string of the molecule is N#Cc1cc(Nc2nc(C(F)(F)c3ccc(F)cc3)nc3ccccc23)n[nH]1. The number of aromatic amines is 1. The van der Waals surface area contributed by atoms with E-state index in [2.05, 4.69) is 25.5 Å². The fourth-order valence-electron chi connectivity index (χ4n) is 2.66. The summed E-state index contributed by atoms with van der Waals surface area (Å²) < 4.78 is 43.1. The number of hydrogen-bond acceptors (Lipinski definition) is 5. The van der Waals surface area contributed by atoms with Crippen molar-refractivity contribution in [1.29, 1.82) is 5.26 Å². The highest BCUT2D eigenvalue weighted by molar-refractivity contribution is 5.90. The summed E-state index contributed by atoms with van der Waals surface area (Å²) in [6.45, 7) is 0. The second kappa shape index (κ2) is 6.66. The van der Waals surface area contributed by atoms with E-state index in [0.29, 0.717) is 10.9 Å². The zero-order valence-corrected chi connectivity index (χ0v) is 14.1. The van der Waals surface area contributed by atoms with Gasteiger partial charge in [-0.3, -0.25) is 5.10 Å². The highest BCUT2D eigenvalue weighted by atomic mass is 19.3. The van der Waals surface area contributed by atoms with Gasteiger partial charge in [0.1, 0.15) is 23.4 Å². The van der Waals surface area contributed by atoms with Gasteiger partial charge in [-0.15, -0.1) is 0 Å². The van der Waals surface area contributed by atoms with Crippen LogP contribution in [0.1, 0.15) is 17.1 Å². The lowest BCUT2D eigenvalue weighted by atomic mass is 10.1. The van der Waals surface area contributed by atoms with Crippen LogP contribution < -0.4 is 5.32 Å². The fraction of sp³-hybridized carbons (Fsp3) is 0.0526. The summed E-state index contributed by atoms with van der Waals surface area (Å²) in [5.74, 6) is -4.54. The molecule has 2 aromatic heterocycles. The van der Waals surface area contributed by atoms with Crippen molar-refractivity contribution in [1.82, 2.24) is 20.2 Å². The van der Waals surface area contributed by atoms with Crippen LogP contribution in [0.4, 0.5) is 24.8 Å². The van der Waals surface area contributed by atoms with Gasteiger partial charge in [-0.2, -0.15) is 19.1 Å². The number of hydrogen-bond donors (Lipinski definition) is 2. The Morgan fingerprint density at radius 2 is 1.79 bits per heavy atom. The van der Waals surface area contributed by atoms with Gasteiger partial charge in [0.2, 0.25) is 5.82 Å². The second-order valence-corrected chi connectivity index (χ2v) is 5.90. The number of nitrogens with zero attached hydrogens (tertiary/aromatic N) is 4. The van der Waals surface area contributed by atoms with Gasteiger partial charge < -0.3 is 5.32 Å². The average Bonchev–Trinajstić information content (AvgIpc) is 3.16. The molecule has 6 nitrogen and oxygen atoms in total. The fourth-order valence-corrected chi connectivity index (χ4v) is 2.66. The number of anilines is 2. The number of benzene rings is 2. The van der Waals surface area contributed by atoms with Crippen molar-refractivity contribution in [2.24, 2.45) is 0 Å². The summed E-state index contributed by atoms with van der Waals surface area (Å²) in [5.41, 5.74) is 0.0761. The maximum atomic E-state index is 15.0. The van der Waals surface area contributed by atoms with Crippen molar-refractivity contribution in [3.8, 4) is 6.07 Å². The first kappa shape index (κ1) is 17.5. The zero-order chi connectivity index (χ0) is 19.7. The van der Waals surface area contributed by atoms with E-state index < -0.39 is 23.1 Å². The lowest BCUT2D eigenvalue weighted by Gasteiger charge is -2.17. The van der Waals surface area contributed by atoms with Crippen molar-refractivity contribution < 1.29 is 13.2 Å². The van der Waals surface area contributed by atoms with E-state index in [1.54, 1.807) is 24.3 Å². The lowest BCUT2D eigenvalue weighted by Crippen LogP contribution is -2.20. The third-order valence-corrected chi connectivity index (χ3v) is 4.04. The van der Waals surface area contributed by atoms with Crippen LogP contribution in [0.15, 0.2) is 54.6 Å². The largest absolute Gasteiger partial charge is 0.331 e. The number of rotatable bonds is 4. The molecule has 2 aromatic carbocycles. The van der Waals surface area contributed by atoms with E-state index in [0.717, 1.165) is 24.3 Å². The molecule has 0 aliphatic rings. The van der Waals surface area contributed by atoms with Gasteiger partial charge in [-0.05, 0) is 36.4 Å². The summed E-state index contributed by atoms with van der Waals surface area (Å²) in [6.07, 6.45) is 0. The van der Waals surface area contributed by atoms with Crippen molar-refractivity contribution in [2.45, 2.75) is 5.92 Å². The molecule has 0 spiro atoms. The molecule has 0 aliphatic heterocycles. The first-order valence-corrected chi connectivity index (χ1v) is 8.11. The topological polar surface area (TPSA) is 90.3 Å². The van der Waals surface area contributed by atoms with Crippen LogP contribution in [0.5, 0.6) is 0 Å². The van der Waals surface area contributed by atoms with Gasteiger partial charge in [0, 0.05) is 17.0 Å². The van der Waals surface area contributed by atoms with Crippen LogP contribution in [-0.4, -0.2) is 20.2 Å². The standard InChI is InChI=1S/C19H11F3N6/c20-12-7-5-11(6-8-12)19(21,22)18-24-15-4-2-1-3-14(15)17(26-18)25-16-9-13(10-23)27-28-16/h1-9H,(H2,24,25,26,27,28). The van der Waals surface area contributed by atoms with Crippen molar-refractivity contribution >= 4 is 22.5 Å². The third kappa shape index (κ3) is 3.12. The minimum Gasteiger partial charge on any atom is -0.323 e. The summed E-state index contributed by atoms with van der Waals surface area (Å²) >= 11 is 0. The minimum atomic E-state index is -3.54. The Kier molecular flexibility index (Phi) is 4.16. The average molecular weight is 380 g/mol. The van der Waals surface area contributed by atoms with E-state index >= 15 is 0 Å². The number of halogens is 3. The van der Waals surface area contributed by atoms with Crippen molar-refractivity contribution in [3.05, 3.63) is 77.5 Å². The zero-order valence-electron chi connectivity index (χ0n) is 14.1. The third-order valence-electron chi connectivity index (χ3n) is 4.04. The summed E-state index contributed by atoms with van der Waals surface area (Å²) in [6, 6.07) is 13.9. The highest BCUT2D eigenvalue weighted by Crippen LogP contribution is 2.36. The molecule has 2 N–H and O–H groups in total. The molecule has 4 aromatic rings. The molecule has 0 saturated heterocycles. The number of alkyl halides is 2. The molecule has 138 valence electrons. The quantitative estimate of drug-likeness (QED) is 0.552. The van der Waals surface area contributed by atoms with Crippen LogP contribution in [0, 0.1) is 17.1 Å². The number of fused-ring (bicyclic) bond motifs is 1. The van der Waals surface area contributed by atoms with E-state index in [4.69, 9.17) is 5.26 Å². The highest BCUT2D eigenvalue weighted by Gasteiger charge is 2.38. The Labute approximate surface area is 156 Å². The Morgan fingerprint density at radius 3 is 2.50 bits per heavy atom. The number of H-pyrrole nitrogens is 1. The number of nitriles is 1. The van der Waals surface area contributed by atoms with Crippen LogP contribution in [0.25, 0.3) is 10.9 Å². The van der Waals surface area contributed by atoms with E-state index in [-0.39, 0.29) is 17.3 Å². The monoisotopic (exact) mass is 380 g/mol. The molecule has 0 amide bonds. The van der Waals surface area contributed by atoms with Gasteiger partial charge in [-0.25, -0.2) is 14.4 Å². The van der Waals surface area contributed by atoms with Crippen molar-refractivity contribution in [2.75, 3.05) is 5.32 Å². The van der Waals surface area contributed by atoms with Crippen LogP contribution in [-0.2, 0) is 5.92 Å². The molecule has 0 saturated carbocycles. The molecule has 9 heteroatoms. The summed E-state index contributed by atoms with van der Waals surface area (Å²) in [4.78, 5) is 7.99. The molecule has 0 radical (unpaired) electrons. The Bertz CT molecular complexity index is 1190. The predicted molar refractivity (Wildman–Crippen MR) is 95.5 cm³/mol. The van der Waals surface area contributed by atoms with Gasteiger partial charge >= 0.3 is 5.92 Å². The Hall–Kier alpha value is -3.93. The predicted octanol–water partition coefficient (Wildman–Crippen LogP) is 4.25. The molecule has 0 atom stereocenters. The van der Waals surface area contributed by atoms with Gasteiger partial charge in [-0.1, -0.05) is 12.1 Å². The lowest BCUT2D eigenvalue weighted by molar-refractivity contribution is 0.0333. The summed E-state index contributed by atoms with van der Waals surface area (Å²) in [7, 11) is 0. The smallest absolute Gasteiger partial charge is 0.323 e. The van der Waals surface area contributed by atoms with E-state index in [1.165, 1.54) is 6.07 Å². The van der Waals surface area contributed by atoms with Crippen LogP contribution in [0.2, 0.25) is 0 Å². The molecule has 2 heterocycles. The second-order valence-electron chi connectivity index (χ2n) is 5.90. The Morgan fingerprint density at radius 1 is 1.04 bits per heavy atom. The molecule has 0 aliphatic carbocycles. The van der Waals surface area contributed by atoms with E-state index in [9.17, 15) is 13.2 Å². The molecule has 0 unspecified atom stereocenters. The number of aromatic nitrogens is 4. The van der Waals surface area contributed by atoms with Gasteiger partial charge in [0.15, 0.2) is 5.82 Å². The molecule has 0 bridgehead atoms. The molecular formula is C19H11F3N6. The molecule has 28 heavy (non-hydrogen) atoms. The normalized spacial score (nSPS) is 11.4. The molecule has 4 rings (SSSR count). The Balaban J connectivity index is 1.83. The van der Waals surface area contributed by atoms with Gasteiger partial charge in [0.05, 0.1) is 5.52 Å². The first-order valence-electron chi connectivity index (χ1n) is 8.11. The number of nitrogens with one attached hydrogen (secondary N) is 2. The molecule has 0 fully saturated rings. The first-order chi connectivity index (χ1) is 13.5. The number of para-hydroxylation sites is 1. The molecular weight excluding hydrogens is 369 g/mol. The van der Waals surface area contributed by atoms with Crippen LogP contribution >= 0.6 is 0 Å². The van der Waals surface area contributed by atoms with Crippen LogP contribution in [0.3, 0.4) is 0 Å². The van der Waals surface area contributed by atoms with E-state index in [1.807, 2.05) is 6.07 Å². The van der Waals surface area contributed by atoms with Crippen molar-refractivity contribution in [3.63, 3.8) is 0 Å².